The number of aromatic amines is 1. The molecule has 0 atom stereocenters. The highest BCUT2D eigenvalue weighted by atomic mass is 32.2. The third kappa shape index (κ3) is 3.11. The van der Waals surface area contributed by atoms with Gasteiger partial charge in [-0.15, -0.1) is 5.10 Å². The van der Waals surface area contributed by atoms with Crippen molar-refractivity contribution < 1.29 is 14.3 Å². The molecule has 0 saturated carbocycles. The van der Waals surface area contributed by atoms with Gasteiger partial charge in [0, 0.05) is 5.56 Å². The number of H-pyrrole nitrogens is 1. The van der Waals surface area contributed by atoms with Gasteiger partial charge in [0.15, 0.2) is 5.82 Å². The van der Waals surface area contributed by atoms with Crippen LogP contribution < -0.4 is 0 Å². The predicted octanol–water partition coefficient (Wildman–Crippen LogP) is 1.85. The Morgan fingerprint density at radius 1 is 1.41 bits per heavy atom. The molecule has 22 heavy (non-hydrogen) atoms. The summed E-state index contributed by atoms with van der Waals surface area (Å²) >= 11 is 1.18. The Kier molecular flexibility index (Phi) is 4.10. The molecule has 0 aliphatic carbocycles. The Bertz CT molecular complexity index is 698. The molecule has 1 N–H and O–H groups in total. The normalized spacial score (nSPS) is 14.2. The van der Waals surface area contributed by atoms with Crippen LogP contribution in [0.15, 0.2) is 29.4 Å². The zero-order valence-corrected chi connectivity index (χ0v) is 12.7. The van der Waals surface area contributed by atoms with E-state index < -0.39 is 6.09 Å². The summed E-state index contributed by atoms with van der Waals surface area (Å²) in [5.74, 6) is 0.449. The van der Waals surface area contributed by atoms with Gasteiger partial charge in [-0.1, -0.05) is 41.6 Å². The summed E-state index contributed by atoms with van der Waals surface area (Å²) in [6.07, 6.45) is -0.582. The van der Waals surface area contributed by atoms with Crippen molar-refractivity contribution in [2.75, 3.05) is 18.9 Å². The summed E-state index contributed by atoms with van der Waals surface area (Å²) in [4.78, 5) is 28.6. The Morgan fingerprint density at radius 2 is 2.18 bits per heavy atom. The van der Waals surface area contributed by atoms with E-state index in [1.165, 1.54) is 17.3 Å². The minimum atomic E-state index is -0.582. The lowest BCUT2D eigenvalue weighted by Crippen LogP contribution is -2.33. The number of nitrogens with zero attached hydrogens (tertiary/aromatic N) is 3. The maximum Gasteiger partial charge on any atom is 0.416 e. The van der Waals surface area contributed by atoms with Crippen LogP contribution in [0.2, 0.25) is 0 Å². The molecule has 0 bridgehead atoms. The van der Waals surface area contributed by atoms with E-state index in [-0.39, 0.29) is 18.3 Å². The maximum absolute atomic E-state index is 11.9. The van der Waals surface area contributed by atoms with E-state index in [1.807, 2.05) is 31.2 Å². The largest absolute Gasteiger partial charge is 0.447 e. The average molecular weight is 318 g/mol. The topological polar surface area (TPSA) is 88.2 Å². The molecule has 8 heteroatoms. The van der Waals surface area contributed by atoms with Gasteiger partial charge in [-0.2, -0.15) is 0 Å². The number of hydrogen-bond donors (Lipinski definition) is 1. The first-order valence-corrected chi connectivity index (χ1v) is 7.71. The molecule has 0 radical (unpaired) electrons. The molecule has 2 amide bonds. The predicted molar refractivity (Wildman–Crippen MR) is 80.3 cm³/mol. The van der Waals surface area contributed by atoms with E-state index in [1.54, 1.807) is 0 Å². The van der Waals surface area contributed by atoms with Crippen LogP contribution in [0.5, 0.6) is 0 Å². The van der Waals surface area contributed by atoms with Gasteiger partial charge < -0.3 is 4.74 Å². The van der Waals surface area contributed by atoms with E-state index in [0.717, 1.165) is 10.5 Å². The molecule has 1 aromatic heterocycles. The molecule has 2 heterocycles. The first-order valence-electron chi connectivity index (χ1n) is 6.73. The number of carbonyl (C=O) groups excluding carboxylic acids is 2. The number of nitrogens with one attached hydrogen (secondary N) is 1. The van der Waals surface area contributed by atoms with Gasteiger partial charge in [-0.05, 0) is 6.92 Å². The van der Waals surface area contributed by atoms with E-state index in [4.69, 9.17) is 4.74 Å². The zero-order chi connectivity index (χ0) is 15.5. The van der Waals surface area contributed by atoms with Crippen LogP contribution in [0.1, 0.15) is 5.56 Å². The molecule has 1 aliphatic heterocycles. The minimum Gasteiger partial charge on any atom is -0.447 e. The summed E-state index contributed by atoms with van der Waals surface area (Å²) in [7, 11) is 0. The molecule has 1 aliphatic rings. The Labute approximate surface area is 131 Å². The highest BCUT2D eigenvalue weighted by Crippen LogP contribution is 2.20. The standard InChI is InChI=1S/C14H14N4O3S/c1-9-2-4-10(5-3-9)12-15-13(17-16-12)22-8-11(19)18-6-7-21-14(18)20/h2-5H,6-8H2,1H3,(H,15,16,17). The second kappa shape index (κ2) is 6.18. The monoisotopic (exact) mass is 318 g/mol. The van der Waals surface area contributed by atoms with Crippen LogP contribution in [-0.2, 0) is 9.53 Å². The number of hydrogen-bond acceptors (Lipinski definition) is 6. The fraction of sp³-hybridized carbons (Fsp3) is 0.286. The molecule has 0 unspecified atom stereocenters. The molecule has 3 rings (SSSR count). The van der Waals surface area contributed by atoms with Crippen molar-refractivity contribution >= 4 is 23.8 Å². The van der Waals surface area contributed by atoms with Gasteiger partial charge in [-0.25, -0.2) is 14.7 Å². The van der Waals surface area contributed by atoms with Gasteiger partial charge in [0.2, 0.25) is 11.1 Å². The van der Waals surface area contributed by atoms with Crippen LogP contribution in [0.3, 0.4) is 0 Å². The third-order valence-corrected chi connectivity index (χ3v) is 4.01. The van der Waals surface area contributed by atoms with Crippen LogP contribution in [0.25, 0.3) is 11.4 Å². The number of amides is 2. The van der Waals surface area contributed by atoms with Crippen molar-refractivity contribution in [3.63, 3.8) is 0 Å². The van der Waals surface area contributed by atoms with E-state index >= 15 is 0 Å². The lowest BCUT2D eigenvalue weighted by Gasteiger charge is -2.08. The summed E-state index contributed by atoms with van der Waals surface area (Å²) in [6.45, 7) is 2.58. The Balaban J connectivity index is 1.61. The highest BCUT2D eigenvalue weighted by Gasteiger charge is 2.28. The van der Waals surface area contributed by atoms with E-state index in [2.05, 4.69) is 15.2 Å². The van der Waals surface area contributed by atoms with Crippen molar-refractivity contribution in [1.29, 1.82) is 0 Å². The number of benzene rings is 1. The van der Waals surface area contributed by atoms with Crippen LogP contribution in [0.4, 0.5) is 4.79 Å². The number of carbonyl (C=O) groups is 2. The fourth-order valence-electron chi connectivity index (χ4n) is 1.98. The second-order valence-corrected chi connectivity index (χ2v) is 5.72. The first-order chi connectivity index (χ1) is 10.6. The van der Waals surface area contributed by atoms with Gasteiger partial charge in [-0.3, -0.25) is 9.89 Å². The molecule has 2 aromatic rings. The highest BCUT2D eigenvalue weighted by molar-refractivity contribution is 7.99. The molecular weight excluding hydrogens is 304 g/mol. The lowest BCUT2D eigenvalue weighted by molar-refractivity contribution is -0.125. The van der Waals surface area contributed by atoms with Crippen molar-refractivity contribution in [2.45, 2.75) is 12.1 Å². The summed E-state index contributed by atoms with van der Waals surface area (Å²) in [5, 5.41) is 7.39. The summed E-state index contributed by atoms with van der Waals surface area (Å²) < 4.78 is 4.73. The van der Waals surface area contributed by atoms with Crippen molar-refractivity contribution in [3.8, 4) is 11.4 Å². The smallest absolute Gasteiger partial charge is 0.416 e. The average Bonchev–Trinajstić information content (AvgIpc) is 3.14. The van der Waals surface area contributed by atoms with Gasteiger partial charge in [0.05, 0.1) is 12.3 Å². The minimum absolute atomic E-state index is 0.0975. The molecule has 1 fully saturated rings. The number of rotatable bonds is 4. The molecule has 1 saturated heterocycles. The van der Waals surface area contributed by atoms with Crippen LogP contribution in [-0.4, -0.2) is 51.0 Å². The molecule has 0 spiro atoms. The van der Waals surface area contributed by atoms with Gasteiger partial charge in [0.1, 0.15) is 6.61 Å². The quantitative estimate of drug-likeness (QED) is 0.866. The molecule has 7 nitrogen and oxygen atoms in total. The molecule has 114 valence electrons. The van der Waals surface area contributed by atoms with Gasteiger partial charge >= 0.3 is 6.09 Å². The number of ether oxygens (including phenoxy) is 1. The second-order valence-electron chi connectivity index (χ2n) is 4.78. The maximum atomic E-state index is 11.9. The Morgan fingerprint density at radius 3 is 2.86 bits per heavy atom. The first kappa shape index (κ1) is 14.6. The molecular formula is C14H14N4O3S. The Hall–Kier alpha value is -2.35. The third-order valence-electron chi connectivity index (χ3n) is 3.18. The summed E-state index contributed by atoms with van der Waals surface area (Å²) in [6, 6.07) is 7.89. The van der Waals surface area contributed by atoms with Gasteiger partial charge in [0.25, 0.3) is 0 Å². The van der Waals surface area contributed by atoms with E-state index in [9.17, 15) is 9.59 Å². The van der Waals surface area contributed by atoms with Crippen molar-refractivity contribution in [2.24, 2.45) is 0 Å². The van der Waals surface area contributed by atoms with Crippen molar-refractivity contribution in [3.05, 3.63) is 29.8 Å². The van der Waals surface area contributed by atoms with E-state index in [0.29, 0.717) is 17.5 Å². The lowest BCUT2D eigenvalue weighted by atomic mass is 10.1. The fourth-order valence-corrected chi connectivity index (χ4v) is 2.65. The van der Waals surface area contributed by atoms with Crippen LogP contribution >= 0.6 is 11.8 Å². The van der Waals surface area contributed by atoms with Crippen molar-refractivity contribution in [1.82, 2.24) is 20.1 Å². The number of aryl methyl sites for hydroxylation is 1. The number of thioether (sulfide) groups is 1. The summed E-state index contributed by atoms with van der Waals surface area (Å²) in [5.41, 5.74) is 2.10. The SMILES string of the molecule is Cc1ccc(-c2nc(SCC(=O)N3CCOC3=O)n[nH]2)cc1. The number of imide groups is 1. The number of aromatic nitrogens is 3. The molecule has 1 aromatic carbocycles. The van der Waals surface area contributed by atoms with Crippen LogP contribution in [0, 0.1) is 6.92 Å². The zero-order valence-electron chi connectivity index (χ0n) is 11.9. The number of cyclic esters (lactones) is 1.